The van der Waals surface area contributed by atoms with Gasteiger partial charge in [0.15, 0.2) is 30.9 Å². The summed E-state index contributed by atoms with van der Waals surface area (Å²) in [5, 5.41) is 0. The minimum atomic E-state index is -1.77. The average molecular weight is 986 g/mol. The van der Waals surface area contributed by atoms with E-state index in [0.717, 1.165) is 49.3 Å². The number of carbonyl (C=O) groups is 6. The topological polar surface area (TPSA) is 198 Å². The number of methoxy groups -OCH3 is 1. The molecule has 8 rings (SSSR count). The lowest BCUT2D eigenvalue weighted by Gasteiger charge is -2.51. The highest BCUT2D eigenvalue weighted by Crippen LogP contribution is 2.43. The zero-order valence-corrected chi connectivity index (χ0v) is 40.2. The van der Waals surface area contributed by atoms with Gasteiger partial charge in [-0.15, -0.1) is 0 Å². The first-order chi connectivity index (χ1) is 34.8. The number of amides is 2. The smallest absolute Gasteiger partial charge is 0.303 e. The largest absolute Gasteiger partial charge is 0.463 e. The Morgan fingerprint density at radius 3 is 1.44 bits per heavy atom. The van der Waals surface area contributed by atoms with Crippen LogP contribution in [0.15, 0.2) is 146 Å². The van der Waals surface area contributed by atoms with Crippen molar-refractivity contribution in [1.82, 2.24) is 4.90 Å². The van der Waals surface area contributed by atoms with Gasteiger partial charge in [-0.3, -0.25) is 33.7 Å². The van der Waals surface area contributed by atoms with E-state index in [4.69, 9.17) is 47.4 Å². The molecular formula is C55H55NO16. The normalized spacial score (nSPS) is 25.0. The van der Waals surface area contributed by atoms with Gasteiger partial charge in [-0.2, -0.15) is 0 Å². The molecule has 5 aromatic rings. The van der Waals surface area contributed by atoms with Crippen molar-refractivity contribution in [3.05, 3.63) is 179 Å². The van der Waals surface area contributed by atoms with Crippen LogP contribution in [0.4, 0.5) is 0 Å². The van der Waals surface area contributed by atoms with E-state index in [-0.39, 0.29) is 24.3 Å². The molecule has 0 unspecified atom stereocenters. The number of ether oxygens (including phenoxy) is 10. The summed E-state index contributed by atoms with van der Waals surface area (Å²) in [5.74, 6) is -4.58. The number of hydrogen-bond donors (Lipinski definition) is 0. The van der Waals surface area contributed by atoms with Gasteiger partial charge in [0.25, 0.3) is 11.8 Å². The van der Waals surface area contributed by atoms with E-state index in [0.29, 0.717) is 5.56 Å². The molecule has 2 saturated heterocycles. The first-order valence-corrected chi connectivity index (χ1v) is 23.4. The first kappa shape index (κ1) is 51.2. The van der Waals surface area contributed by atoms with Crippen LogP contribution in [0.1, 0.15) is 70.7 Å². The number of esters is 4. The maximum atomic E-state index is 14.6. The van der Waals surface area contributed by atoms with Gasteiger partial charge in [0.1, 0.15) is 42.7 Å². The van der Waals surface area contributed by atoms with Crippen LogP contribution in [0.3, 0.4) is 0 Å². The van der Waals surface area contributed by atoms with Crippen LogP contribution in [0.2, 0.25) is 0 Å². The molecule has 0 bridgehead atoms. The predicted octanol–water partition coefficient (Wildman–Crippen LogP) is 6.08. The Morgan fingerprint density at radius 2 is 0.958 bits per heavy atom. The minimum Gasteiger partial charge on any atom is -0.463 e. The molecule has 0 saturated carbocycles. The Hall–Kier alpha value is -7.12. The third kappa shape index (κ3) is 11.0. The summed E-state index contributed by atoms with van der Waals surface area (Å²) in [5.41, 5.74) is 1.90. The summed E-state index contributed by atoms with van der Waals surface area (Å²) in [6, 6.07) is 42.8. The monoisotopic (exact) mass is 985 g/mol. The Balaban J connectivity index is 1.31. The van der Waals surface area contributed by atoms with E-state index < -0.39 is 109 Å². The molecule has 0 N–H and O–H groups in total. The van der Waals surface area contributed by atoms with E-state index in [1.165, 1.54) is 7.11 Å². The molecule has 2 fully saturated rings. The summed E-state index contributed by atoms with van der Waals surface area (Å²) in [6.45, 7) is 3.52. The van der Waals surface area contributed by atoms with Crippen molar-refractivity contribution >= 4 is 35.7 Å². The lowest BCUT2D eigenvalue weighted by atomic mass is 9.80. The fraction of sp³-hybridized carbons (Fsp3) is 0.345. The second-order valence-corrected chi connectivity index (χ2v) is 17.3. The number of carbonyl (C=O) groups excluding carboxylic acids is 6. The van der Waals surface area contributed by atoms with Crippen LogP contribution >= 0.6 is 0 Å². The van der Waals surface area contributed by atoms with E-state index in [9.17, 15) is 28.8 Å². The summed E-state index contributed by atoms with van der Waals surface area (Å²) >= 11 is 0. The molecule has 0 aliphatic carbocycles. The molecule has 72 heavy (non-hydrogen) atoms. The molecule has 17 nitrogen and oxygen atoms in total. The molecule has 17 heteroatoms. The number of fused-ring (bicyclic) bond motifs is 1. The van der Waals surface area contributed by atoms with Crippen LogP contribution in [-0.4, -0.2) is 122 Å². The minimum absolute atomic E-state index is 0.102. The number of benzene rings is 5. The second-order valence-electron chi connectivity index (χ2n) is 17.3. The molecule has 0 spiro atoms. The van der Waals surface area contributed by atoms with Crippen molar-refractivity contribution in [2.45, 2.75) is 101 Å². The maximum Gasteiger partial charge on any atom is 0.303 e. The van der Waals surface area contributed by atoms with Gasteiger partial charge in [0.2, 0.25) is 0 Å². The van der Waals surface area contributed by atoms with Crippen LogP contribution in [0, 0.1) is 0 Å². The van der Waals surface area contributed by atoms with Crippen LogP contribution in [0.5, 0.6) is 0 Å². The van der Waals surface area contributed by atoms with Crippen molar-refractivity contribution in [1.29, 1.82) is 0 Å². The van der Waals surface area contributed by atoms with Gasteiger partial charge in [-0.25, -0.2) is 0 Å². The van der Waals surface area contributed by atoms with E-state index in [1.807, 2.05) is 121 Å². The molecule has 376 valence electrons. The number of imide groups is 1. The van der Waals surface area contributed by atoms with Crippen molar-refractivity contribution < 1.29 is 76.1 Å². The van der Waals surface area contributed by atoms with Gasteiger partial charge < -0.3 is 47.4 Å². The van der Waals surface area contributed by atoms with Crippen molar-refractivity contribution in [2.75, 3.05) is 20.3 Å². The van der Waals surface area contributed by atoms with Gasteiger partial charge in [-0.05, 0) is 34.4 Å². The van der Waals surface area contributed by atoms with Gasteiger partial charge >= 0.3 is 23.9 Å². The lowest BCUT2D eigenvalue weighted by molar-refractivity contribution is -0.356. The van der Waals surface area contributed by atoms with Crippen molar-refractivity contribution in [3.63, 3.8) is 0 Å². The molecule has 0 radical (unpaired) electrons. The molecule has 5 aromatic carbocycles. The molecule has 3 aliphatic heterocycles. The van der Waals surface area contributed by atoms with Crippen molar-refractivity contribution in [2.24, 2.45) is 0 Å². The van der Waals surface area contributed by atoms with Crippen LogP contribution in [-0.2, 0) is 78.8 Å². The summed E-state index contributed by atoms with van der Waals surface area (Å²) < 4.78 is 63.5. The molecule has 3 aliphatic rings. The average Bonchev–Trinajstić information content (AvgIpc) is 3.63. The maximum absolute atomic E-state index is 14.6. The number of rotatable bonds is 18. The van der Waals surface area contributed by atoms with Crippen LogP contribution < -0.4 is 0 Å². The van der Waals surface area contributed by atoms with Gasteiger partial charge in [0.05, 0.1) is 24.3 Å². The quantitative estimate of drug-likeness (QED) is 0.0423. The van der Waals surface area contributed by atoms with E-state index in [1.54, 1.807) is 24.3 Å². The molecule has 3 heterocycles. The predicted molar refractivity (Wildman–Crippen MR) is 253 cm³/mol. The summed E-state index contributed by atoms with van der Waals surface area (Å²) in [6.07, 6.45) is -13.5. The Kier molecular flexibility index (Phi) is 16.3. The Labute approximate surface area is 416 Å². The molecule has 2 amide bonds. The fourth-order valence-corrected chi connectivity index (χ4v) is 9.52. The second kappa shape index (κ2) is 23.0. The Bertz CT molecular complexity index is 2560. The third-order valence-electron chi connectivity index (χ3n) is 12.5. The standard InChI is InChI=1S/C55H55NO16/c1-33(57)64-31-43-47(67-34(2)58)49(68-35(3)59)50(69-36(4)60)54(71-43)72-46-44(32-66-55(38-22-12-7-13-23-38,39-24-14-8-15-25-39)40-26-16-9-17-27-40)70-53(63-5)45(48(46)65-30-37-20-10-6-11-21-37)56-51(61)41-28-18-19-29-42(41)52(56)62/h6-29,43-50,53-54H,30-32H2,1-5H3/t43-,44-,45-,46-,47+,48-,49+,50-,53-,54+/m1/s1. The zero-order chi connectivity index (χ0) is 50.9. The SMILES string of the molecule is CO[C@@H]1O[C@H](COC(c2ccccc2)(c2ccccc2)c2ccccc2)[C@@H](O[C@@H]2O[C@H](COC(C)=O)[C@H](OC(C)=O)[C@H](OC(C)=O)[C@H]2OC(C)=O)[C@H](OCc2ccccc2)[C@H]1N1C(=O)c2ccccc2C1=O. The van der Waals surface area contributed by atoms with Gasteiger partial charge in [-0.1, -0.05) is 133 Å². The van der Waals surface area contributed by atoms with Gasteiger partial charge in [0, 0.05) is 34.8 Å². The number of nitrogens with zero attached hydrogens (tertiary/aromatic N) is 1. The highest BCUT2D eigenvalue weighted by atomic mass is 16.8. The summed E-state index contributed by atoms with van der Waals surface area (Å²) in [4.78, 5) is 81.1. The highest BCUT2D eigenvalue weighted by Gasteiger charge is 2.59. The zero-order valence-electron chi connectivity index (χ0n) is 40.2. The van der Waals surface area contributed by atoms with Crippen molar-refractivity contribution in [3.8, 4) is 0 Å². The number of hydrogen-bond acceptors (Lipinski definition) is 16. The highest BCUT2D eigenvalue weighted by molar-refractivity contribution is 6.21. The van der Waals surface area contributed by atoms with Crippen LogP contribution in [0.25, 0.3) is 0 Å². The molecular weight excluding hydrogens is 931 g/mol. The lowest BCUT2D eigenvalue weighted by Crippen LogP contribution is -2.69. The molecule has 10 atom stereocenters. The fourth-order valence-electron chi connectivity index (χ4n) is 9.52. The molecule has 0 aromatic heterocycles. The Morgan fingerprint density at radius 1 is 0.514 bits per heavy atom. The van der Waals surface area contributed by atoms with E-state index in [2.05, 4.69) is 0 Å². The first-order valence-electron chi connectivity index (χ1n) is 23.4. The van der Waals surface area contributed by atoms with E-state index >= 15 is 0 Å². The third-order valence-corrected chi connectivity index (χ3v) is 12.5. The summed E-state index contributed by atoms with van der Waals surface area (Å²) in [7, 11) is 1.37.